The molecule has 0 aliphatic rings. The second-order valence-corrected chi connectivity index (χ2v) is 8.82. The van der Waals surface area contributed by atoms with E-state index in [2.05, 4.69) is 25.9 Å². The summed E-state index contributed by atoms with van der Waals surface area (Å²) in [5.74, 6) is 0. The number of unbranched alkanes of at least 4 members (excludes halogenated alkanes) is 3. The molecule has 0 bridgehead atoms. The van der Waals surface area contributed by atoms with Crippen molar-refractivity contribution < 1.29 is 31.6 Å². The third-order valence-corrected chi connectivity index (χ3v) is 4.84. The van der Waals surface area contributed by atoms with Crippen LogP contribution in [-0.4, -0.2) is 72.2 Å². The quantitative estimate of drug-likeness (QED) is 0.131. The van der Waals surface area contributed by atoms with Crippen LogP contribution >= 0.6 is 0 Å². The topological polar surface area (TPSA) is 92.7 Å². The number of ether oxygens (including phenoxy) is 3. The molecule has 0 unspecified atom stereocenters. The average molecular weight is 440 g/mol. The highest BCUT2D eigenvalue weighted by Crippen LogP contribution is 2.25. The molecule has 0 aromatic carbocycles. The van der Waals surface area contributed by atoms with E-state index in [1.807, 2.05) is 0 Å². The van der Waals surface area contributed by atoms with Crippen LogP contribution in [0.15, 0.2) is 5.16 Å². The number of hydrogen-bond donors (Lipinski definition) is 0. The molecule has 0 aliphatic heterocycles. The van der Waals surface area contributed by atoms with Gasteiger partial charge in [-0.1, -0.05) is 45.2 Å². The lowest BCUT2D eigenvalue weighted by atomic mass is 9.95. The van der Waals surface area contributed by atoms with Crippen molar-refractivity contribution in [1.29, 1.82) is 0 Å². The molecule has 0 aliphatic carbocycles. The molecule has 0 heterocycles. The Bertz CT molecular complexity index is 527. The predicted molar refractivity (Wildman–Crippen MR) is 115 cm³/mol. The Morgan fingerprint density at radius 1 is 1.00 bits per heavy atom. The molecule has 8 nitrogen and oxygen atoms in total. The molecule has 0 saturated heterocycles. The van der Waals surface area contributed by atoms with E-state index in [-0.39, 0.29) is 6.61 Å². The molecule has 0 aromatic rings. The third-order valence-electron chi connectivity index (χ3n) is 4.25. The summed E-state index contributed by atoms with van der Waals surface area (Å²) in [7, 11) is -2.30. The SMILES string of the molecule is CCCCOC[C@@H](OS(C)(=O)=O)[C@@H](OCCCC)[C@](C)(/C=N/OC)OCCCC. The van der Waals surface area contributed by atoms with Crippen molar-refractivity contribution >= 4 is 16.3 Å². The first kappa shape index (κ1) is 28.3. The van der Waals surface area contributed by atoms with Crippen LogP contribution in [0.5, 0.6) is 0 Å². The first-order valence-corrected chi connectivity index (χ1v) is 12.3. The van der Waals surface area contributed by atoms with Crippen molar-refractivity contribution in [3.05, 3.63) is 0 Å². The van der Waals surface area contributed by atoms with Crippen LogP contribution in [0.1, 0.15) is 66.2 Å². The maximum atomic E-state index is 11.9. The minimum absolute atomic E-state index is 0.0669. The molecule has 0 saturated carbocycles. The van der Waals surface area contributed by atoms with Crippen LogP contribution in [0.2, 0.25) is 0 Å². The van der Waals surface area contributed by atoms with Crippen molar-refractivity contribution in [2.24, 2.45) is 5.16 Å². The fraction of sp³-hybridized carbons (Fsp3) is 0.950. The third kappa shape index (κ3) is 13.2. The summed E-state index contributed by atoms with van der Waals surface area (Å²) < 4.78 is 47.1. The molecule has 0 rings (SSSR count). The van der Waals surface area contributed by atoms with E-state index in [4.69, 9.17) is 23.2 Å². The summed E-state index contributed by atoms with van der Waals surface area (Å²) in [6, 6.07) is 0. The minimum atomic E-state index is -3.74. The fourth-order valence-electron chi connectivity index (χ4n) is 2.62. The Hall–Kier alpha value is -0.740. The van der Waals surface area contributed by atoms with Crippen LogP contribution in [0.25, 0.3) is 0 Å². The van der Waals surface area contributed by atoms with Gasteiger partial charge in [0.1, 0.15) is 24.9 Å². The second-order valence-electron chi connectivity index (χ2n) is 7.22. The van der Waals surface area contributed by atoms with E-state index in [0.29, 0.717) is 19.8 Å². The van der Waals surface area contributed by atoms with E-state index in [0.717, 1.165) is 44.8 Å². The summed E-state index contributed by atoms with van der Waals surface area (Å²) >= 11 is 0. The van der Waals surface area contributed by atoms with Gasteiger partial charge in [-0.3, -0.25) is 4.18 Å². The molecule has 0 N–H and O–H groups in total. The van der Waals surface area contributed by atoms with Crippen LogP contribution in [0.3, 0.4) is 0 Å². The van der Waals surface area contributed by atoms with Gasteiger partial charge in [-0.25, -0.2) is 0 Å². The number of hydrogen-bond acceptors (Lipinski definition) is 8. The van der Waals surface area contributed by atoms with Gasteiger partial charge in [-0.2, -0.15) is 8.42 Å². The lowest BCUT2D eigenvalue weighted by Gasteiger charge is -2.38. The molecule has 29 heavy (non-hydrogen) atoms. The monoisotopic (exact) mass is 439 g/mol. The minimum Gasteiger partial charge on any atom is -0.399 e. The molecule has 0 spiro atoms. The highest BCUT2D eigenvalue weighted by molar-refractivity contribution is 7.86. The van der Waals surface area contributed by atoms with Crippen LogP contribution in [-0.2, 0) is 33.3 Å². The van der Waals surface area contributed by atoms with E-state index in [1.165, 1.54) is 13.3 Å². The normalized spacial score (nSPS) is 16.6. The molecule has 0 fully saturated rings. The highest BCUT2D eigenvalue weighted by atomic mass is 32.2. The summed E-state index contributed by atoms with van der Waals surface area (Å²) in [4.78, 5) is 4.86. The summed E-state index contributed by atoms with van der Waals surface area (Å²) in [6.45, 7) is 9.47. The van der Waals surface area contributed by atoms with Gasteiger partial charge in [0.15, 0.2) is 0 Å². The molecular formula is C20H41NO7S. The van der Waals surface area contributed by atoms with Gasteiger partial charge in [0.2, 0.25) is 0 Å². The predicted octanol–water partition coefficient (Wildman–Crippen LogP) is 3.54. The van der Waals surface area contributed by atoms with Crippen molar-refractivity contribution in [2.75, 3.05) is 39.8 Å². The lowest BCUT2D eigenvalue weighted by Crippen LogP contribution is -2.54. The lowest BCUT2D eigenvalue weighted by molar-refractivity contribution is -0.147. The Kier molecular flexibility index (Phi) is 15.6. The summed E-state index contributed by atoms with van der Waals surface area (Å²) in [5, 5.41) is 3.88. The highest BCUT2D eigenvalue weighted by Gasteiger charge is 2.43. The van der Waals surface area contributed by atoms with Gasteiger partial charge < -0.3 is 19.0 Å². The summed E-state index contributed by atoms with van der Waals surface area (Å²) in [5.41, 5.74) is -1.05. The van der Waals surface area contributed by atoms with Gasteiger partial charge in [-0.05, 0) is 26.2 Å². The van der Waals surface area contributed by atoms with Gasteiger partial charge >= 0.3 is 0 Å². The number of oxime groups is 1. The van der Waals surface area contributed by atoms with Gasteiger partial charge in [0.25, 0.3) is 10.1 Å². The zero-order chi connectivity index (χ0) is 22.2. The molecule has 174 valence electrons. The van der Waals surface area contributed by atoms with E-state index in [1.54, 1.807) is 6.92 Å². The van der Waals surface area contributed by atoms with E-state index in [9.17, 15) is 8.42 Å². The van der Waals surface area contributed by atoms with Crippen LogP contribution < -0.4 is 0 Å². The largest absolute Gasteiger partial charge is 0.399 e. The zero-order valence-corrected chi connectivity index (χ0v) is 19.8. The molecule has 0 aromatic heterocycles. The number of nitrogens with zero attached hydrogens (tertiary/aromatic N) is 1. The van der Waals surface area contributed by atoms with Crippen molar-refractivity contribution in [3.8, 4) is 0 Å². The standard InChI is InChI=1S/C20H41NO7S/c1-7-10-13-25-16-18(28-29(6,22)23)19(26-14-11-8-2)20(4,17-21-24-5)27-15-12-9-3/h17-19H,7-16H2,1-6H3/b21-17+/t18-,19-,20+/m1/s1. The first-order chi connectivity index (χ1) is 13.7. The molecule has 0 amide bonds. The first-order valence-electron chi connectivity index (χ1n) is 10.5. The Morgan fingerprint density at radius 3 is 2.14 bits per heavy atom. The van der Waals surface area contributed by atoms with Crippen molar-refractivity contribution in [1.82, 2.24) is 0 Å². The molecular weight excluding hydrogens is 398 g/mol. The zero-order valence-electron chi connectivity index (χ0n) is 19.0. The van der Waals surface area contributed by atoms with Crippen molar-refractivity contribution in [2.45, 2.75) is 84.0 Å². The van der Waals surface area contributed by atoms with E-state index < -0.39 is 27.9 Å². The Morgan fingerprint density at radius 2 is 1.59 bits per heavy atom. The van der Waals surface area contributed by atoms with Crippen LogP contribution in [0.4, 0.5) is 0 Å². The van der Waals surface area contributed by atoms with Gasteiger partial charge in [0, 0.05) is 19.8 Å². The fourth-order valence-corrected chi connectivity index (χ4v) is 3.22. The molecule has 9 heteroatoms. The van der Waals surface area contributed by atoms with Crippen molar-refractivity contribution in [3.63, 3.8) is 0 Å². The second kappa shape index (κ2) is 16.0. The van der Waals surface area contributed by atoms with Crippen LogP contribution in [0, 0.1) is 0 Å². The van der Waals surface area contributed by atoms with E-state index >= 15 is 0 Å². The average Bonchev–Trinajstić information content (AvgIpc) is 2.65. The van der Waals surface area contributed by atoms with Gasteiger partial charge in [0.05, 0.1) is 19.1 Å². The Labute approximate surface area is 177 Å². The Balaban J connectivity index is 5.75. The maximum absolute atomic E-state index is 11.9. The maximum Gasteiger partial charge on any atom is 0.264 e. The molecule has 3 atom stereocenters. The summed E-state index contributed by atoms with van der Waals surface area (Å²) in [6.07, 6.45) is 6.33. The number of rotatable bonds is 19. The smallest absolute Gasteiger partial charge is 0.264 e. The van der Waals surface area contributed by atoms with Gasteiger partial charge in [-0.15, -0.1) is 0 Å². The molecule has 0 radical (unpaired) electrons.